The zero-order valence-corrected chi connectivity index (χ0v) is 13.1. The second kappa shape index (κ2) is 6.10. The third kappa shape index (κ3) is 2.85. The first-order valence-corrected chi connectivity index (χ1v) is 7.70. The number of hydrogen-bond acceptors (Lipinski definition) is 3. The van der Waals surface area contributed by atoms with Gasteiger partial charge in [0.2, 0.25) is 0 Å². The summed E-state index contributed by atoms with van der Waals surface area (Å²) in [5.74, 6) is -1.41. The van der Waals surface area contributed by atoms with Gasteiger partial charge in [-0.05, 0) is 25.0 Å². The number of carbonyl (C=O) groups is 1. The summed E-state index contributed by atoms with van der Waals surface area (Å²) in [6, 6.07) is 4.94. The van der Waals surface area contributed by atoms with Gasteiger partial charge >= 0.3 is 0 Å². The SMILES string of the molecule is CC(C)c1cc([C@@H]2CCCN2C(=O)c2c(F)cccc2F)no1. The van der Waals surface area contributed by atoms with Crippen LogP contribution in [0.3, 0.4) is 0 Å². The number of aromatic nitrogens is 1. The van der Waals surface area contributed by atoms with Crippen LogP contribution in [0.5, 0.6) is 0 Å². The quantitative estimate of drug-likeness (QED) is 0.857. The van der Waals surface area contributed by atoms with Crippen LogP contribution < -0.4 is 0 Å². The molecule has 1 amide bonds. The predicted octanol–water partition coefficient (Wildman–Crippen LogP) is 4.05. The normalized spacial score (nSPS) is 18.0. The van der Waals surface area contributed by atoms with Gasteiger partial charge in [0.05, 0.1) is 6.04 Å². The smallest absolute Gasteiger partial charge is 0.260 e. The van der Waals surface area contributed by atoms with Crippen LogP contribution in [0.2, 0.25) is 0 Å². The van der Waals surface area contributed by atoms with Gasteiger partial charge in [-0.25, -0.2) is 8.78 Å². The van der Waals surface area contributed by atoms with Gasteiger partial charge in [0.25, 0.3) is 5.91 Å². The van der Waals surface area contributed by atoms with Gasteiger partial charge in [0.1, 0.15) is 28.7 Å². The second-order valence-electron chi connectivity index (χ2n) is 6.06. The molecular weight excluding hydrogens is 302 g/mol. The highest BCUT2D eigenvalue weighted by molar-refractivity contribution is 5.95. The standard InChI is InChI=1S/C17H18F2N2O2/c1-10(2)15-9-13(20-23-15)14-7-4-8-21(14)17(22)16-11(18)5-3-6-12(16)19/h3,5-6,9-10,14H,4,7-8H2,1-2H3/t14-/m0/s1. The molecular formula is C17H18F2N2O2. The van der Waals surface area contributed by atoms with Crippen LogP contribution in [-0.4, -0.2) is 22.5 Å². The van der Waals surface area contributed by atoms with E-state index in [4.69, 9.17) is 4.52 Å². The van der Waals surface area contributed by atoms with Gasteiger partial charge in [0, 0.05) is 18.5 Å². The van der Waals surface area contributed by atoms with E-state index in [1.165, 1.54) is 11.0 Å². The Morgan fingerprint density at radius 1 is 1.35 bits per heavy atom. The van der Waals surface area contributed by atoms with Crippen molar-refractivity contribution in [3.8, 4) is 0 Å². The molecule has 1 aliphatic heterocycles. The molecule has 3 rings (SSSR count). The summed E-state index contributed by atoms with van der Waals surface area (Å²) in [6.45, 7) is 4.41. The molecule has 2 aromatic rings. The third-order valence-electron chi connectivity index (χ3n) is 4.15. The van der Waals surface area contributed by atoms with Crippen LogP contribution in [0.25, 0.3) is 0 Å². The van der Waals surface area contributed by atoms with Crippen molar-refractivity contribution in [2.75, 3.05) is 6.54 Å². The minimum absolute atomic E-state index is 0.186. The number of likely N-dealkylation sites (tertiary alicyclic amines) is 1. The molecule has 0 saturated carbocycles. The van der Waals surface area contributed by atoms with Crippen LogP contribution >= 0.6 is 0 Å². The van der Waals surface area contributed by atoms with Crippen molar-refractivity contribution in [1.29, 1.82) is 0 Å². The topological polar surface area (TPSA) is 46.3 Å². The first-order valence-electron chi connectivity index (χ1n) is 7.70. The number of carbonyl (C=O) groups excluding carboxylic acids is 1. The fraction of sp³-hybridized carbons (Fsp3) is 0.412. The van der Waals surface area contributed by atoms with E-state index >= 15 is 0 Å². The maximum Gasteiger partial charge on any atom is 0.260 e. The van der Waals surface area contributed by atoms with E-state index in [-0.39, 0.29) is 12.0 Å². The van der Waals surface area contributed by atoms with Crippen LogP contribution in [0.1, 0.15) is 60.5 Å². The van der Waals surface area contributed by atoms with Crippen molar-refractivity contribution in [2.24, 2.45) is 0 Å². The van der Waals surface area contributed by atoms with Crippen molar-refractivity contribution in [2.45, 2.75) is 38.6 Å². The molecule has 1 aliphatic rings. The molecule has 4 nitrogen and oxygen atoms in total. The van der Waals surface area contributed by atoms with E-state index in [9.17, 15) is 13.6 Å². The van der Waals surface area contributed by atoms with Crippen molar-refractivity contribution >= 4 is 5.91 Å². The lowest BCUT2D eigenvalue weighted by molar-refractivity contribution is 0.0721. The highest BCUT2D eigenvalue weighted by atomic mass is 19.1. The summed E-state index contributed by atoms with van der Waals surface area (Å²) >= 11 is 0. The predicted molar refractivity (Wildman–Crippen MR) is 80.0 cm³/mol. The lowest BCUT2D eigenvalue weighted by Crippen LogP contribution is -2.32. The van der Waals surface area contributed by atoms with Crippen molar-refractivity contribution < 1.29 is 18.1 Å². The van der Waals surface area contributed by atoms with Gasteiger partial charge in [-0.2, -0.15) is 0 Å². The first-order chi connectivity index (χ1) is 11.0. The number of nitrogens with zero attached hydrogens (tertiary/aromatic N) is 2. The van der Waals surface area contributed by atoms with Gasteiger partial charge in [-0.15, -0.1) is 0 Å². The Balaban J connectivity index is 1.90. The van der Waals surface area contributed by atoms with E-state index in [1.54, 1.807) is 0 Å². The zero-order chi connectivity index (χ0) is 16.6. The Labute approximate surface area is 133 Å². The highest BCUT2D eigenvalue weighted by Crippen LogP contribution is 2.34. The fourth-order valence-corrected chi connectivity index (χ4v) is 2.90. The Morgan fingerprint density at radius 3 is 2.65 bits per heavy atom. The monoisotopic (exact) mass is 320 g/mol. The number of halogens is 2. The molecule has 1 aromatic heterocycles. The minimum atomic E-state index is -0.844. The summed E-state index contributed by atoms with van der Waals surface area (Å²) in [5.41, 5.74) is 0.128. The molecule has 23 heavy (non-hydrogen) atoms. The van der Waals surface area contributed by atoms with E-state index < -0.39 is 23.1 Å². The van der Waals surface area contributed by atoms with Crippen LogP contribution in [0.4, 0.5) is 8.78 Å². The van der Waals surface area contributed by atoms with Gasteiger partial charge in [-0.3, -0.25) is 4.79 Å². The molecule has 1 fully saturated rings. The van der Waals surface area contributed by atoms with Crippen molar-refractivity contribution in [1.82, 2.24) is 10.1 Å². The maximum absolute atomic E-state index is 13.9. The third-order valence-corrected chi connectivity index (χ3v) is 4.15. The molecule has 0 aliphatic carbocycles. The molecule has 0 unspecified atom stereocenters. The molecule has 122 valence electrons. The molecule has 0 spiro atoms. The number of amides is 1. The Bertz CT molecular complexity index is 707. The fourth-order valence-electron chi connectivity index (χ4n) is 2.90. The molecule has 0 N–H and O–H groups in total. The molecule has 0 radical (unpaired) electrons. The second-order valence-corrected chi connectivity index (χ2v) is 6.06. The molecule has 2 heterocycles. The Kier molecular flexibility index (Phi) is 4.15. The lowest BCUT2D eigenvalue weighted by Gasteiger charge is -2.23. The average Bonchev–Trinajstić information content (AvgIpc) is 3.15. The summed E-state index contributed by atoms with van der Waals surface area (Å²) in [6.07, 6.45) is 1.46. The Hall–Kier alpha value is -2.24. The summed E-state index contributed by atoms with van der Waals surface area (Å²) in [7, 11) is 0. The summed E-state index contributed by atoms with van der Waals surface area (Å²) < 4.78 is 33.0. The lowest BCUT2D eigenvalue weighted by atomic mass is 10.1. The van der Waals surface area contributed by atoms with Gasteiger partial charge in [0.15, 0.2) is 0 Å². The number of benzene rings is 1. The molecule has 1 aromatic carbocycles. The molecule has 6 heteroatoms. The maximum atomic E-state index is 13.9. The van der Waals surface area contributed by atoms with E-state index in [1.807, 2.05) is 19.9 Å². The minimum Gasteiger partial charge on any atom is -0.361 e. The zero-order valence-electron chi connectivity index (χ0n) is 13.1. The van der Waals surface area contributed by atoms with E-state index in [0.29, 0.717) is 18.7 Å². The largest absolute Gasteiger partial charge is 0.361 e. The highest BCUT2D eigenvalue weighted by Gasteiger charge is 2.35. The molecule has 1 saturated heterocycles. The average molecular weight is 320 g/mol. The van der Waals surface area contributed by atoms with Gasteiger partial charge < -0.3 is 9.42 Å². The van der Waals surface area contributed by atoms with Crippen molar-refractivity contribution in [3.63, 3.8) is 0 Å². The number of hydrogen-bond donors (Lipinski definition) is 0. The molecule has 1 atom stereocenters. The Morgan fingerprint density at radius 2 is 2.04 bits per heavy atom. The van der Waals surface area contributed by atoms with E-state index in [0.717, 1.165) is 24.3 Å². The van der Waals surface area contributed by atoms with Crippen LogP contribution in [-0.2, 0) is 0 Å². The van der Waals surface area contributed by atoms with E-state index in [2.05, 4.69) is 5.16 Å². The first kappa shape index (κ1) is 15.6. The van der Waals surface area contributed by atoms with Crippen LogP contribution in [0, 0.1) is 11.6 Å². The summed E-state index contributed by atoms with van der Waals surface area (Å²) in [5, 5.41) is 4.03. The van der Waals surface area contributed by atoms with Crippen LogP contribution in [0.15, 0.2) is 28.8 Å². The summed E-state index contributed by atoms with van der Waals surface area (Å²) in [4.78, 5) is 14.1. The number of rotatable bonds is 3. The van der Waals surface area contributed by atoms with Gasteiger partial charge in [-0.1, -0.05) is 25.1 Å². The van der Waals surface area contributed by atoms with Crippen molar-refractivity contribution in [3.05, 3.63) is 52.9 Å². The molecule has 0 bridgehead atoms.